The summed E-state index contributed by atoms with van der Waals surface area (Å²) in [7, 11) is 0. The number of carboxylic acid groups (broad SMARTS) is 1. The Kier molecular flexibility index (Phi) is 2.62. The van der Waals surface area contributed by atoms with Gasteiger partial charge in [0.05, 0.1) is 17.7 Å². The highest BCUT2D eigenvalue weighted by atomic mass is 16.4. The third-order valence-electron chi connectivity index (χ3n) is 2.50. The summed E-state index contributed by atoms with van der Waals surface area (Å²) in [6, 6.07) is 4.94. The van der Waals surface area contributed by atoms with Gasteiger partial charge in [-0.2, -0.15) is 0 Å². The molecule has 0 aliphatic rings. The Bertz CT molecular complexity index is 533. The molecule has 0 radical (unpaired) electrons. The normalized spacial score (nSPS) is 12.9. The molecular weight excluding hydrogens is 208 g/mol. The van der Waals surface area contributed by atoms with E-state index in [-0.39, 0.29) is 18.1 Å². The summed E-state index contributed by atoms with van der Waals surface area (Å²) in [5.74, 6) is -0.527. The SMILES string of the molecule is CC(CO)c1nc2c(C(=O)O)cccc2[nH]1. The summed E-state index contributed by atoms with van der Waals surface area (Å²) in [5.41, 5.74) is 1.28. The van der Waals surface area contributed by atoms with Crippen LogP contribution in [0.3, 0.4) is 0 Å². The molecule has 3 N–H and O–H groups in total. The number of nitrogens with zero attached hydrogens (tertiary/aromatic N) is 1. The smallest absolute Gasteiger partial charge is 0.337 e. The van der Waals surface area contributed by atoms with E-state index in [0.29, 0.717) is 16.9 Å². The van der Waals surface area contributed by atoms with Crippen molar-refractivity contribution in [2.45, 2.75) is 12.8 Å². The van der Waals surface area contributed by atoms with Crippen LogP contribution in [-0.2, 0) is 0 Å². The predicted molar refractivity (Wildman–Crippen MR) is 58.6 cm³/mol. The molecule has 0 bridgehead atoms. The van der Waals surface area contributed by atoms with Crippen molar-refractivity contribution in [1.82, 2.24) is 9.97 Å². The summed E-state index contributed by atoms with van der Waals surface area (Å²) in [6.07, 6.45) is 0. The van der Waals surface area contributed by atoms with Gasteiger partial charge in [0.1, 0.15) is 11.3 Å². The average Bonchev–Trinajstić information content (AvgIpc) is 2.70. The van der Waals surface area contributed by atoms with Crippen LogP contribution in [0.15, 0.2) is 18.2 Å². The second kappa shape index (κ2) is 3.94. The maximum atomic E-state index is 11.0. The van der Waals surface area contributed by atoms with Gasteiger partial charge in [-0.05, 0) is 12.1 Å². The molecule has 0 aliphatic carbocycles. The van der Waals surface area contributed by atoms with Crippen molar-refractivity contribution in [1.29, 1.82) is 0 Å². The van der Waals surface area contributed by atoms with Crippen LogP contribution in [0.4, 0.5) is 0 Å². The second-order valence-electron chi connectivity index (χ2n) is 3.71. The molecule has 0 spiro atoms. The van der Waals surface area contributed by atoms with E-state index in [4.69, 9.17) is 10.2 Å². The average molecular weight is 220 g/mol. The number of H-pyrrole nitrogens is 1. The third kappa shape index (κ3) is 1.65. The maximum Gasteiger partial charge on any atom is 0.337 e. The molecule has 0 amide bonds. The molecule has 5 nitrogen and oxygen atoms in total. The highest BCUT2D eigenvalue weighted by Gasteiger charge is 2.14. The van der Waals surface area contributed by atoms with Crippen LogP contribution in [0.5, 0.6) is 0 Å². The lowest BCUT2D eigenvalue weighted by Crippen LogP contribution is -2.01. The van der Waals surface area contributed by atoms with Gasteiger partial charge >= 0.3 is 5.97 Å². The number of rotatable bonds is 3. The van der Waals surface area contributed by atoms with Crippen molar-refractivity contribution >= 4 is 17.0 Å². The van der Waals surface area contributed by atoms with Gasteiger partial charge in [0.2, 0.25) is 0 Å². The number of fused-ring (bicyclic) bond motifs is 1. The number of aromatic amines is 1. The first-order valence-electron chi connectivity index (χ1n) is 4.96. The number of hydrogen-bond donors (Lipinski definition) is 3. The van der Waals surface area contributed by atoms with Crippen LogP contribution < -0.4 is 0 Å². The number of benzene rings is 1. The number of aromatic carboxylic acids is 1. The van der Waals surface area contributed by atoms with Crippen molar-refractivity contribution in [3.8, 4) is 0 Å². The van der Waals surface area contributed by atoms with Crippen molar-refractivity contribution in [3.63, 3.8) is 0 Å². The van der Waals surface area contributed by atoms with Crippen LogP contribution in [0.1, 0.15) is 29.0 Å². The molecule has 0 aliphatic heterocycles. The number of aliphatic hydroxyl groups excluding tert-OH is 1. The van der Waals surface area contributed by atoms with E-state index < -0.39 is 5.97 Å². The summed E-state index contributed by atoms with van der Waals surface area (Å²) < 4.78 is 0. The molecule has 84 valence electrons. The lowest BCUT2D eigenvalue weighted by Gasteiger charge is -2.01. The Labute approximate surface area is 91.8 Å². The number of aromatic nitrogens is 2. The molecule has 16 heavy (non-hydrogen) atoms. The molecule has 0 fully saturated rings. The number of aliphatic hydroxyl groups is 1. The zero-order chi connectivity index (χ0) is 11.7. The fourth-order valence-corrected chi connectivity index (χ4v) is 1.54. The van der Waals surface area contributed by atoms with Crippen LogP contribution in [0.2, 0.25) is 0 Å². The summed E-state index contributed by atoms with van der Waals surface area (Å²) >= 11 is 0. The van der Waals surface area contributed by atoms with E-state index in [0.717, 1.165) is 0 Å². The van der Waals surface area contributed by atoms with E-state index >= 15 is 0 Å². The number of nitrogens with one attached hydrogen (secondary N) is 1. The Morgan fingerprint density at radius 3 is 2.94 bits per heavy atom. The zero-order valence-electron chi connectivity index (χ0n) is 8.77. The molecular formula is C11H12N2O3. The van der Waals surface area contributed by atoms with Gasteiger partial charge in [-0.3, -0.25) is 0 Å². The molecule has 1 atom stereocenters. The van der Waals surface area contributed by atoms with Gasteiger partial charge in [-0.25, -0.2) is 9.78 Å². The Hall–Kier alpha value is -1.88. The van der Waals surface area contributed by atoms with Gasteiger partial charge < -0.3 is 15.2 Å². The molecule has 0 saturated heterocycles. The van der Waals surface area contributed by atoms with Crippen LogP contribution in [0.25, 0.3) is 11.0 Å². The summed E-state index contributed by atoms with van der Waals surface area (Å²) in [6.45, 7) is 1.79. The standard InChI is InChI=1S/C11H12N2O3/c1-6(5-14)10-12-8-4-2-3-7(11(15)16)9(8)13-10/h2-4,6,14H,5H2,1H3,(H,12,13)(H,15,16). The van der Waals surface area contributed by atoms with E-state index in [1.54, 1.807) is 12.1 Å². The van der Waals surface area contributed by atoms with Crippen LogP contribution >= 0.6 is 0 Å². The van der Waals surface area contributed by atoms with Gasteiger partial charge in [0.25, 0.3) is 0 Å². The number of carboxylic acids is 1. The third-order valence-corrected chi connectivity index (χ3v) is 2.50. The number of carbonyl (C=O) groups is 1. The van der Waals surface area contributed by atoms with Crippen molar-refractivity contribution < 1.29 is 15.0 Å². The molecule has 1 aromatic heterocycles. The van der Waals surface area contributed by atoms with E-state index in [2.05, 4.69) is 9.97 Å². The minimum Gasteiger partial charge on any atom is -0.478 e. The second-order valence-corrected chi connectivity index (χ2v) is 3.71. The molecule has 5 heteroatoms. The minimum absolute atomic E-state index is 0.0256. The first-order chi connectivity index (χ1) is 7.63. The Morgan fingerprint density at radius 2 is 2.31 bits per heavy atom. The van der Waals surface area contributed by atoms with Gasteiger partial charge in [-0.1, -0.05) is 13.0 Å². The first-order valence-corrected chi connectivity index (χ1v) is 4.96. The predicted octanol–water partition coefficient (Wildman–Crippen LogP) is 1.36. The highest BCUT2D eigenvalue weighted by molar-refractivity contribution is 6.00. The number of para-hydroxylation sites is 1. The largest absolute Gasteiger partial charge is 0.478 e. The van der Waals surface area contributed by atoms with Gasteiger partial charge in [0.15, 0.2) is 0 Å². The monoisotopic (exact) mass is 220 g/mol. The topological polar surface area (TPSA) is 86.2 Å². The van der Waals surface area contributed by atoms with E-state index in [9.17, 15) is 4.79 Å². The Balaban J connectivity index is 2.61. The quantitative estimate of drug-likeness (QED) is 0.728. The fourth-order valence-electron chi connectivity index (χ4n) is 1.54. The molecule has 1 unspecified atom stereocenters. The summed E-state index contributed by atoms with van der Waals surface area (Å²) in [5, 5.41) is 18.0. The van der Waals surface area contributed by atoms with Crippen LogP contribution in [-0.4, -0.2) is 32.8 Å². The Morgan fingerprint density at radius 1 is 1.56 bits per heavy atom. The number of hydrogen-bond acceptors (Lipinski definition) is 3. The minimum atomic E-state index is -1.000. The first kappa shape index (κ1) is 10.6. The fraction of sp³-hybridized carbons (Fsp3) is 0.273. The summed E-state index contributed by atoms with van der Waals surface area (Å²) in [4.78, 5) is 18.2. The van der Waals surface area contributed by atoms with Gasteiger partial charge in [-0.15, -0.1) is 0 Å². The number of imidazole rings is 1. The van der Waals surface area contributed by atoms with Crippen molar-refractivity contribution in [2.75, 3.05) is 6.61 Å². The molecule has 2 rings (SSSR count). The van der Waals surface area contributed by atoms with Crippen molar-refractivity contribution in [3.05, 3.63) is 29.6 Å². The highest BCUT2D eigenvalue weighted by Crippen LogP contribution is 2.20. The molecule has 1 heterocycles. The molecule has 1 aromatic carbocycles. The van der Waals surface area contributed by atoms with E-state index in [1.165, 1.54) is 6.07 Å². The van der Waals surface area contributed by atoms with E-state index in [1.807, 2.05) is 6.92 Å². The molecule has 0 saturated carbocycles. The molecule has 2 aromatic rings. The van der Waals surface area contributed by atoms with Gasteiger partial charge in [0, 0.05) is 5.92 Å². The lowest BCUT2D eigenvalue weighted by molar-refractivity contribution is 0.0699. The van der Waals surface area contributed by atoms with Crippen LogP contribution in [0, 0.1) is 0 Å². The zero-order valence-corrected chi connectivity index (χ0v) is 8.77. The van der Waals surface area contributed by atoms with Crippen molar-refractivity contribution in [2.24, 2.45) is 0 Å². The lowest BCUT2D eigenvalue weighted by atomic mass is 10.2. The maximum absolute atomic E-state index is 11.0.